The van der Waals surface area contributed by atoms with E-state index in [1.807, 2.05) is 48.5 Å². The van der Waals surface area contributed by atoms with Gasteiger partial charge in [-0.25, -0.2) is 4.79 Å². The monoisotopic (exact) mass is 404 g/mol. The largest absolute Gasteiger partial charge is 0.508 e. The average Bonchev–Trinajstić information content (AvgIpc) is 2.78. The van der Waals surface area contributed by atoms with E-state index in [9.17, 15) is 9.90 Å². The Morgan fingerprint density at radius 3 is 2.53 bits per heavy atom. The van der Waals surface area contributed by atoms with Gasteiger partial charge in [-0.05, 0) is 60.4 Å². The predicted molar refractivity (Wildman–Crippen MR) is 113 cm³/mol. The molecule has 0 saturated heterocycles. The number of carbonyl (C=O) groups is 1. The van der Waals surface area contributed by atoms with Crippen LogP contribution in [0.25, 0.3) is 0 Å². The van der Waals surface area contributed by atoms with E-state index >= 15 is 0 Å². The van der Waals surface area contributed by atoms with Gasteiger partial charge in [0.25, 0.3) is 0 Å². The van der Waals surface area contributed by atoms with Gasteiger partial charge in [-0.3, -0.25) is 0 Å². The Labute approximate surface area is 175 Å². The van der Waals surface area contributed by atoms with E-state index in [2.05, 4.69) is 12.1 Å². The lowest BCUT2D eigenvalue weighted by Gasteiger charge is -2.34. The molecule has 0 saturated carbocycles. The van der Waals surface area contributed by atoms with E-state index in [4.69, 9.17) is 14.2 Å². The lowest BCUT2D eigenvalue weighted by atomic mass is 9.82. The fourth-order valence-corrected chi connectivity index (χ4v) is 3.80. The third-order valence-electron chi connectivity index (χ3n) is 5.20. The molecule has 0 amide bonds. The van der Waals surface area contributed by atoms with E-state index in [0.717, 1.165) is 23.3 Å². The number of hydrogen-bond acceptors (Lipinski definition) is 5. The van der Waals surface area contributed by atoms with Crippen molar-refractivity contribution in [2.24, 2.45) is 0 Å². The van der Waals surface area contributed by atoms with Crippen molar-refractivity contribution in [1.82, 2.24) is 0 Å². The molecule has 0 bridgehead atoms. The first-order valence-electron chi connectivity index (χ1n) is 10.1. The van der Waals surface area contributed by atoms with E-state index in [0.29, 0.717) is 12.4 Å². The molecule has 1 aliphatic rings. The smallest absolute Gasteiger partial charge is 0.344 e. The molecular formula is C25H24O5. The summed E-state index contributed by atoms with van der Waals surface area (Å²) in [6, 6.07) is 23.1. The molecule has 0 spiro atoms. The molecule has 1 aliphatic heterocycles. The van der Waals surface area contributed by atoms with Crippen LogP contribution in [0.5, 0.6) is 17.2 Å². The zero-order valence-corrected chi connectivity index (χ0v) is 16.8. The van der Waals surface area contributed by atoms with Crippen molar-refractivity contribution < 1.29 is 24.1 Å². The highest BCUT2D eigenvalue weighted by Crippen LogP contribution is 2.44. The average molecular weight is 404 g/mol. The highest BCUT2D eigenvalue weighted by molar-refractivity contribution is 5.71. The number of rotatable bonds is 6. The zero-order chi connectivity index (χ0) is 20.9. The van der Waals surface area contributed by atoms with Crippen LogP contribution in [0, 0.1) is 0 Å². The van der Waals surface area contributed by atoms with Gasteiger partial charge in [-0.2, -0.15) is 0 Å². The number of fused-ring (bicyclic) bond motifs is 1. The van der Waals surface area contributed by atoms with Gasteiger partial charge in [-0.15, -0.1) is 0 Å². The lowest BCUT2D eigenvalue weighted by Crippen LogP contribution is -2.24. The Morgan fingerprint density at radius 1 is 1.03 bits per heavy atom. The van der Waals surface area contributed by atoms with Gasteiger partial charge in [0, 0.05) is 5.92 Å². The number of phenolic OH excluding ortho intramolecular Hbond substituents is 1. The Bertz CT molecular complexity index is 998. The molecule has 0 radical (unpaired) electrons. The molecule has 0 fully saturated rings. The molecule has 1 heterocycles. The van der Waals surface area contributed by atoms with Crippen molar-refractivity contribution >= 4 is 5.97 Å². The molecule has 0 aromatic heterocycles. The first kappa shape index (κ1) is 19.8. The van der Waals surface area contributed by atoms with Crippen LogP contribution in [0.15, 0.2) is 72.8 Å². The highest BCUT2D eigenvalue weighted by Gasteiger charge is 2.32. The standard InChI is InChI=1S/C25H24O5/c1-2-28-24(27)16-29-21-11-8-18(9-12-21)25-22(17-6-4-3-5-7-17)15-19-14-20(26)10-13-23(19)30-25/h3-14,22,25-26H,2,15-16H2,1H3. The third kappa shape index (κ3) is 4.40. The maximum atomic E-state index is 11.5. The summed E-state index contributed by atoms with van der Waals surface area (Å²) in [5.74, 6) is 1.34. The summed E-state index contributed by atoms with van der Waals surface area (Å²) < 4.78 is 16.8. The third-order valence-corrected chi connectivity index (χ3v) is 5.20. The summed E-state index contributed by atoms with van der Waals surface area (Å²) in [6.45, 7) is 1.98. The molecule has 5 heteroatoms. The summed E-state index contributed by atoms with van der Waals surface area (Å²) >= 11 is 0. The summed E-state index contributed by atoms with van der Waals surface area (Å²) in [5, 5.41) is 9.88. The molecule has 3 aromatic rings. The van der Waals surface area contributed by atoms with Crippen molar-refractivity contribution in [2.75, 3.05) is 13.2 Å². The minimum absolute atomic E-state index is 0.104. The number of hydrogen-bond donors (Lipinski definition) is 1. The zero-order valence-electron chi connectivity index (χ0n) is 16.8. The minimum Gasteiger partial charge on any atom is -0.508 e. The van der Waals surface area contributed by atoms with Crippen LogP contribution < -0.4 is 9.47 Å². The number of benzene rings is 3. The Hall–Kier alpha value is -3.47. The molecule has 2 unspecified atom stereocenters. The Kier molecular flexibility index (Phi) is 5.89. The van der Waals surface area contributed by atoms with Gasteiger partial charge in [0.2, 0.25) is 0 Å². The summed E-state index contributed by atoms with van der Waals surface area (Å²) in [5.41, 5.74) is 3.19. The molecular weight excluding hydrogens is 380 g/mol. The number of esters is 1. The number of carbonyl (C=O) groups excluding carboxylic acids is 1. The van der Waals surface area contributed by atoms with Gasteiger partial charge in [0.05, 0.1) is 6.61 Å². The second-order valence-corrected chi connectivity index (χ2v) is 7.21. The van der Waals surface area contributed by atoms with E-state index in [1.54, 1.807) is 19.1 Å². The van der Waals surface area contributed by atoms with Crippen LogP contribution >= 0.6 is 0 Å². The lowest BCUT2D eigenvalue weighted by molar-refractivity contribution is -0.145. The second-order valence-electron chi connectivity index (χ2n) is 7.21. The highest BCUT2D eigenvalue weighted by atomic mass is 16.6. The molecule has 2 atom stereocenters. The van der Waals surface area contributed by atoms with Gasteiger partial charge >= 0.3 is 5.97 Å². The first-order valence-corrected chi connectivity index (χ1v) is 10.1. The normalized spacial score (nSPS) is 17.5. The van der Waals surface area contributed by atoms with Crippen LogP contribution in [0.2, 0.25) is 0 Å². The van der Waals surface area contributed by atoms with Crippen LogP contribution in [0.4, 0.5) is 0 Å². The van der Waals surface area contributed by atoms with Gasteiger partial charge in [0.15, 0.2) is 6.61 Å². The summed E-state index contributed by atoms with van der Waals surface area (Å²) in [6.07, 6.45) is 0.586. The maximum absolute atomic E-state index is 11.5. The SMILES string of the molecule is CCOC(=O)COc1ccc(C2Oc3ccc(O)cc3CC2c2ccccc2)cc1. The number of ether oxygens (including phenoxy) is 3. The molecule has 1 N–H and O–H groups in total. The minimum atomic E-state index is -0.388. The molecule has 5 nitrogen and oxygen atoms in total. The van der Waals surface area contributed by atoms with E-state index in [-0.39, 0.29) is 30.3 Å². The number of aromatic hydroxyl groups is 1. The topological polar surface area (TPSA) is 65.0 Å². The Balaban J connectivity index is 1.58. The summed E-state index contributed by atoms with van der Waals surface area (Å²) in [4.78, 5) is 11.5. The van der Waals surface area contributed by atoms with Crippen molar-refractivity contribution in [3.05, 3.63) is 89.5 Å². The van der Waals surface area contributed by atoms with Gasteiger partial charge in [0.1, 0.15) is 23.4 Å². The van der Waals surface area contributed by atoms with E-state index < -0.39 is 0 Å². The molecule has 3 aromatic carbocycles. The van der Waals surface area contributed by atoms with Crippen LogP contribution in [-0.2, 0) is 16.0 Å². The van der Waals surface area contributed by atoms with Crippen molar-refractivity contribution in [2.45, 2.75) is 25.4 Å². The van der Waals surface area contributed by atoms with Gasteiger partial charge < -0.3 is 19.3 Å². The fourth-order valence-electron chi connectivity index (χ4n) is 3.80. The van der Waals surface area contributed by atoms with Crippen LogP contribution in [0.3, 0.4) is 0 Å². The molecule has 0 aliphatic carbocycles. The van der Waals surface area contributed by atoms with Crippen molar-refractivity contribution in [3.8, 4) is 17.2 Å². The van der Waals surface area contributed by atoms with E-state index in [1.165, 1.54) is 5.56 Å². The summed E-state index contributed by atoms with van der Waals surface area (Å²) in [7, 11) is 0. The molecule has 30 heavy (non-hydrogen) atoms. The quantitative estimate of drug-likeness (QED) is 0.598. The van der Waals surface area contributed by atoms with Crippen LogP contribution in [-0.4, -0.2) is 24.3 Å². The maximum Gasteiger partial charge on any atom is 0.344 e. The van der Waals surface area contributed by atoms with Gasteiger partial charge in [-0.1, -0.05) is 42.5 Å². The molecule has 154 valence electrons. The first-order chi connectivity index (χ1) is 14.6. The van der Waals surface area contributed by atoms with Crippen molar-refractivity contribution in [3.63, 3.8) is 0 Å². The number of phenols is 1. The van der Waals surface area contributed by atoms with Crippen LogP contribution in [0.1, 0.15) is 35.6 Å². The predicted octanol–water partition coefficient (Wildman–Crippen LogP) is 4.79. The van der Waals surface area contributed by atoms with Crippen molar-refractivity contribution in [1.29, 1.82) is 0 Å². The fraction of sp³-hybridized carbons (Fsp3) is 0.240. The Morgan fingerprint density at radius 2 is 1.80 bits per heavy atom. The molecule has 4 rings (SSSR count). The second kappa shape index (κ2) is 8.91.